The first kappa shape index (κ1) is 23.6. The van der Waals surface area contributed by atoms with Crippen LogP contribution in [0, 0.1) is 0 Å². The Balaban J connectivity index is 1.99. The second-order valence-corrected chi connectivity index (χ2v) is 8.44. The van der Waals surface area contributed by atoms with Crippen LogP contribution in [0.4, 0.5) is 0 Å². The molecule has 4 N–H and O–H groups in total. The Morgan fingerprint density at radius 1 is 1.00 bits per heavy atom. The first-order valence-electron chi connectivity index (χ1n) is 10.1. The Kier molecular flexibility index (Phi) is 8.20. The van der Waals surface area contributed by atoms with Crippen LogP contribution in [0.5, 0.6) is 5.75 Å². The van der Waals surface area contributed by atoms with E-state index in [2.05, 4.69) is 16.3 Å². The molecule has 0 heterocycles. The van der Waals surface area contributed by atoms with E-state index < -0.39 is 5.60 Å². The molecule has 0 unspecified atom stereocenters. The van der Waals surface area contributed by atoms with Crippen molar-refractivity contribution in [2.75, 3.05) is 20.3 Å². The summed E-state index contributed by atoms with van der Waals surface area (Å²) < 4.78 is 17.3. The molecule has 1 aliphatic carbocycles. The monoisotopic (exact) mass is 414 g/mol. The second-order valence-electron chi connectivity index (χ2n) is 8.44. The molecule has 1 aliphatic rings. The molecule has 7 heteroatoms. The van der Waals surface area contributed by atoms with E-state index >= 15 is 0 Å². The highest BCUT2D eigenvalue weighted by molar-refractivity contribution is 6.01. The number of rotatable bonds is 10. The second kappa shape index (κ2) is 10.4. The number of hydrogen-bond acceptors (Lipinski definition) is 5. The van der Waals surface area contributed by atoms with E-state index in [1.165, 1.54) is 0 Å². The van der Waals surface area contributed by atoms with Crippen molar-refractivity contribution in [3.05, 3.63) is 53.6 Å². The Labute approximate surface area is 179 Å². The van der Waals surface area contributed by atoms with Crippen molar-refractivity contribution in [3.63, 3.8) is 0 Å². The first-order valence-corrected chi connectivity index (χ1v) is 10.1. The zero-order valence-electron chi connectivity index (χ0n) is 18.6. The third-order valence-electron chi connectivity index (χ3n) is 4.64. The fraction of sp³-hybridized carbons (Fsp3) is 0.478. The van der Waals surface area contributed by atoms with Crippen molar-refractivity contribution in [1.29, 1.82) is 0 Å². The van der Waals surface area contributed by atoms with Gasteiger partial charge in [-0.1, -0.05) is 30.4 Å². The number of methoxy groups -OCH3 is 1. The molecule has 0 saturated heterocycles. The quantitative estimate of drug-likeness (QED) is 0.346. The van der Waals surface area contributed by atoms with Crippen LogP contribution >= 0.6 is 0 Å². The summed E-state index contributed by atoms with van der Waals surface area (Å²) in [5, 5.41) is 8.13. The van der Waals surface area contributed by atoms with E-state index in [-0.39, 0.29) is 11.4 Å². The Morgan fingerprint density at radius 3 is 2.40 bits per heavy atom. The largest absolute Gasteiger partial charge is 0.491 e. The van der Waals surface area contributed by atoms with Crippen LogP contribution in [0.25, 0.3) is 0 Å². The Morgan fingerprint density at radius 2 is 1.73 bits per heavy atom. The minimum absolute atomic E-state index is 0.265. The smallest absolute Gasteiger partial charge is 0.153 e. The van der Waals surface area contributed by atoms with Crippen LogP contribution in [0.15, 0.2) is 58.3 Å². The van der Waals surface area contributed by atoms with E-state index in [0.29, 0.717) is 30.4 Å². The number of benzene rings is 1. The molecule has 1 aromatic rings. The molecule has 2 rings (SSSR count). The molecule has 0 bridgehead atoms. The van der Waals surface area contributed by atoms with Gasteiger partial charge in [0, 0.05) is 18.2 Å². The van der Waals surface area contributed by atoms with Crippen molar-refractivity contribution < 1.29 is 14.2 Å². The lowest BCUT2D eigenvalue weighted by Gasteiger charge is -2.31. The highest BCUT2D eigenvalue weighted by Crippen LogP contribution is 2.19. The van der Waals surface area contributed by atoms with Gasteiger partial charge in [0.1, 0.15) is 12.4 Å². The van der Waals surface area contributed by atoms with Crippen LogP contribution in [-0.4, -0.2) is 43.2 Å². The maximum absolute atomic E-state index is 6.09. The van der Waals surface area contributed by atoms with Gasteiger partial charge in [-0.2, -0.15) is 0 Å². The first-order chi connectivity index (χ1) is 14.1. The van der Waals surface area contributed by atoms with Crippen LogP contribution in [-0.2, 0) is 9.47 Å². The van der Waals surface area contributed by atoms with E-state index in [1.807, 2.05) is 64.1 Å². The molecule has 0 aromatic heterocycles. The number of hydrogen-bond donors (Lipinski definition) is 2. The molecule has 0 aliphatic heterocycles. The third-order valence-corrected chi connectivity index (χ3v) is 4.64. The number of amidine groups is 2. The lowest BCUT2D eigenvalue weighted by molar-refractivity contribution is -0.117. The summed E-state index contributed by atoms with van der Waals surface area (Å²) in [4.78, 5) is 0. The summed E-state index contributed by atoms with van der Waals surface area (Å²) >= 11 is 0. The average Bonchev–Trinajstić information content (AvgIpc) is 2.75. The standard InChI is InChI=1S/C23H34N4O3/c1-22(2,28-5)16-30-23(3,4)15-29-19-13-9-12-18(14-19)21(25)27-26-20(24)17-10-7-6-8-11-17/h7,9-14H,6,8,15-16H2,1-5H3,(H2,24,26)(H2,25,27). The summed E-state index contributed by atoms with van der Waals surface area (Å²) in [6.45, 7) is 8.75. The third kappa shape index (κ3) is 7.65. The van der Waals surface area contributed by atoms with Gasteiger partial charge in [-0.15, -0.1) is 10.2 Å². The number of nitrogens with two attached hydrogens (primary N) is 2. The maximum atomic E-state index is 6.09. The summed E-state index contributed by atoms with van der Waals surface area (Å²) in [7, 11) is 1.67. The molecule has 7 nitrogen and oxygen atoms in total. The topological polar surface area (TPSA) is 104 Å². The van der Waals surface area contributed by atoms with E-state index in [4.69, 9.17) is 25.7 Å². The van der Waals surface area contributed by atoms with Gasteiger partial charge in [-0.25, -0.2) is 0 Å². The van der Waals surface area contributed by atoms with E-state index in [1.54, 1.807) is 7.11 Å². The Bertz CT molecular complexity index is 839. The SMILES string of the molecule is COC(C)(C)COC(C)(C)COc1cccc(/C(N)=N/N=C(\N)C2=CCCC=C2)c1. The predicted octanol–water partition coefficient (Wildman–Crippen LogP) is 3.54. The van der Waals surface area contributed by atoms with Crippen molar-refractivity contribution >= 4 is 11.7 Å². The van der Waals surface area contributed by atoms with Crippen LogP contribution in [0.3, 0.4) is 0 Å². The van der Waals surface area contributed by atoms with Crippen LogP contribution in [0.2, 0.25) is 0 Å². The lowest BCUT2D eigenvalue weighted by Crippen LogP contribution is -2.39. The van der Waals surface area contributed by atoms with Gasteiger partial charge in [-0.05, 0) is 52.7 Å². The van der Waals surface area contributed by atoms with Crippen LogP contribution < -0.4 is 16.2 Å². The fourth-order valence-electron chi connectivity index (χ4n) is 2.50. The number of ether oxygens (including phenoxy) is 3. The molecule has 1 aromatic carbocycles. The van der Waals surface area contributed by atoms with Crippen molar-refractivity contribution in [2.45, 2.75) is 51.7 Å². The fourth-order valence-corrected chi connectivity index (χ4v) is 2.50. The molecule has 164 valence electrons. The molecule has 0 saturated carbocycles. The lowest BCUT2D eigenvalue weighted by atomic mass is 10.1. The molecular weight excluding hydrogens is 380 g/mol. The molecule has 30 heavy (non-hydrogen) atoms. The van der Waals surface area contributed by atoms with Gasteiger partial charge in [0.15, 0.2) is 11.7 Å². The van der Waals surface area contributed by atoms with Crippen molar-refractivity contribution in [1.82, 2.24) is 0 Å². The van der Waals surface area contributed by atoms with Gasteiger partial charge in [0.2, 0.25) is 0 Å². The summed E-state index contributed by atoms with van der Waals surface area (Å²) in [5.41, 5.74) is 12.8. The van der Waals surface area contributed by atoms with Gasteiger partial charge in [0.25, 0.3) is 0 Å². The van der Waals surface area contributed by atoms with E-state index in [0.717, 1.165) is 18.4 Å². The van der Waals surface area contributed by atoms with Gasteiger partial charge in [-0.3, -0.25) is 0 Å². The predicted molar refractivity (Wildman–Crippen MR) is 122 cm³/mol. The number of allylic oxidation sites excluding steroid dienone is 2. The zero-order chi connectivity index (χ0) is 22.2. The van der Waals surface area contributed by atoms with E-state index in [9.17, 15) is 0 Å². The maximum Gasteiger partial charge on any atom is 0.153 e. The Hall–Kier alpha value is -2.64. The zero-order valence-corrected chi connectivity index (χ0v) is 18.6. The van der Waals surface area contributed by atoms with Crippen molar-refractivity contribution in [3.8, 4) is 5.75 Å². The molecule has 0 fully saturated rings. The molecule has 0 radical (unpaired) electrons. The van der Waals surface area contributed by atoms with Gasteiger partial charge < -0.3 is 25.7 Å². The molecule has 0 atom stereocenters. The van der Waals surface area contributed by atoms with Crippen LogP contribution in [0.1, 0.15) is 46.1 Å². The molecular formula is C23H34N4O3. The summed E-state index contributed by atoms with van der Waals surface area (Å²) in [5.74, 6) is 1.28. The van der Waals surface area contributed by atoms with Gasteiger partial charge >= 0.3 is 0 Å². The molecule has 0 spiro atoms. The molecule has 0 amide bonds. The minimum atomic E-state index is -0.481. The normalized spacial score (nSPS) is 15.8. The van der Waals surface area contributed by atoms with Gasteiger partial charge in [0.05, 0.1) is 17.8 Å². The minimum Gasteiger partial charge on any atom is -0.491 e. The summed E-state index contributed by atoms with van der Waals surface area (Å²) in [6, 6.07) is 7.38. The highest BCUT2D eigenvalue weighted by Gasteiger charge is 2.25. The van der Waals surface area contributed by atoms with Crippen molar-refractivity contribution in [2.24, 2.45) is 21.7 Å². The highest BCUT2D eigenvalue weighted by atomic mass is 16.6. The summed E-state index contributed by atoms with van der Waals surface area (Å²) in [6.07, 6.45) is 8.01. The average molecular weight is 415 g/mol. The number of nitrogens with zero attached hydrogens (tertiary/aromatic N) is 2.